The Labute approximate surface area is 92.4 Å². The van der Waals surface area contributed by atoms with Crippen LogP contribution in [0.5, 0.6) is 0 Å². The Hall–Kier alpha value is -0.120. The van der Waals surface area contributed by atoms with Gasteiger partial charge < -0.3 is 9.84 Å². The molecule has 2 rings (SSSR count). The van der Waals surface area contributed by atoms with E-state index >= 15 is 0 Å². The number of ether oxygens (including phenoxy) is 1. The van der Waals surface area contributed by atoms with Gasteiger partial charge in [-0.25, -0.2) is 0 Å². The molecule has 0 aromatic heterocycles. The molecule has 1 saturated carbocycles. The predicted octanol–water partition coefficient (Wildman–Crippen LogP) is 1.26. The molecule has 1 aliphatic carbocycles. The van der Waals surface area contributed by atoms with Crippen molar-refractivity contribution in [3.8, 4) is 0 Å². The zero-order chi connectivity index (χ0) is 10.7. The maximum absolute atomic E-state index is 10.1. The van der Waals surface area contributed by atoms with Crippen LogP contribution in [0.25, 0.3) is 0 Å². The Balaban J connectivity index is 1.80. The Morgan fingerprint density at radius 3 is 2.87 bits per heavy atom. The Morgan fingerprint density at radius 1 is 1.47 bits per heavy atom. The average Bonchev–Trinajstić information content (AvgIpc) is 2.16. The van der Waals surface area contributed by atoms with Crippen LogP contribution in [0, 0.1) is 5.92 Å². The smallest absolute Gasteiger partial charge is 0.0963 e. The minimum Gasteiger partial charge on any atom is -0.390 e. The van der Waals surface area contributed by atoms with Crippen LogP contribution in [0.1, 0.15) is 32.6 Å². The number of aliphatic hydroxyl groups is 1. The summed E-state index contributed by atoms with van der Waals surface area (Å²) in [4.78, 5) is 2.41. The molecular weight excluding hydrogens is 190 g/mol. The van der Waals surface area contributed by atoms with E-state index in [4.69, 9.17) is 4.74 Å². The minimum atomic E-state index is -0.224. The SMILES string of the molecule is CCCN1CCOC(C(O)C2CCC2)C1. The Bertz CT molecular complexity index is 192. The molecule has 2 aliphatic rings. The van der Waals surface area contributed by atoms with Gasteiger partial charge in [0.05, 0.1) is 18.8 Å². The van der Waals surface area contributed by atoms with Crippen molar-refractivity contribution in [3.05, 3.63) is 0 Å². The summed E-state index contributed by atoms with van der Waals surface area (Å²) in [5, 5.41) is 10.1. The van der Waals surface area contributed by atoms with Gasteiger partial charge in [0.15, 0.2) is 0 Å². The Morgan fingerprint density at radius 2 is 2.27 bits per heavy atom. The van der Waals surface area contributed by atoms with Crippen molar-refractivity contribution >= 4 is 0 Å². The lowest BCUT2D eigenvalue weighted by Crippen LogP contribution is -2.50. The summed E-state index contributed by atoms with van der Waals surface area (Å²) in [5.41, 5.74) is 0. The van der Waals surface area contributed by atoms with Gasteiger partial charge in [-0.15, -0.1) is 0 Å². The largest absolute Gasteiger partial charge is 0.390 e. The van der Waals surface area contributed by atoms with Gasteiger partial charge in [0, 0.05) is 13.1 Å². The first kappa shape index (κ1) is 11.4. The molecule has 2 unspecified atom stereocenters. The monoisotopic (exact) mass is 213 g/mol. The standard InChI is InChI=1S/C12H23NO2/c1-2-6-13-7-8-15-11(9-13)12(14)10-4-3-5-10/h10-12,14H,2-9H2,1H3. The van der Waals surface area contributed by atoms with Gasteiger partial charge >= 0.3 is 0 Å². The molecule has 0 radical (unpaired) electrons. The summed E-state index contributed by atoms with van der Waals surface area (Å²) < 4.78 is 5.68. The first-order valence-corrected chi connectivity index (χ1v) is 6.33. The third-order valence-corrected chi connectivity index (χ3v) is 3.73. The maximum atomic E-state index is 10.1. The van der Waals surface area contributed by atoms with Crippen LogP contribution in [0.3, 0.4) is 0 Å². The number of aliphatic hydroxyl groups excluding tert-OH is 1. The van der Waals surface area contributed by atoms with Gasteiger partial charge in [-0.1, -0.05) is 13.3 Å². The summed E-state index contributed by atoms with van der Waals surface area (Å²) >= 11 is 0. The molecule has 0 spiro atoms. The molecule has 3 nitrogen and oxygen atoms in total. The highest BCUT2D eigenvalue weighted by Gasteiger charge is 2.34. The molecule has 0 aromatic carbocycles. The molecule has 0 aromatic rings. The highest BCUT2D eigenvalue weighted by Crippen LogP contribution is 2.32. The third kappa shape index (κ3) is 2.71. The molecule has 1 aliphatic heterocycles. The number of nitrogens with zero attached hydrogens (tertiary/aromatic N) is 1. The van der Waals surface area contributed by atoms with E-state index < -0.39 is 0 Å². The molecule has 1 N–H and O–H groups in total. The number of hydrogen-bond donors (Lipinski definition) is 1. The van der Waals surface area contributed by atoms with Crippen LogP contribution in [-0.4, -0.2) is 48.5 Å². The van der Waals surface area contributed by atoms with Crippen LogP contribution >= 0.6 is 0 Å². The number of morpholine rings is 1. The van der Waals surface area contributed by atoms with Crippen molar-refractivity contribution in [1.82, 2.24) is 4.90 Å². The normalized spacial score (nSPS) is 31.2. The van der Waals surface area contributed by atoms with Gasteiger partial charge in [0.2, 0.25) is 0 Å². The van der Waals surface area contributed by atoms with Crippen LogP contribution in [0.4, 0.5) is 0 Å². The van der Waals surface area contributed by atoms with Crippen molar-refractivity contribution in [2.75, 3.05) is 26.2 Å². The highest BCUT2D eigenvalue weighted by molar-refractivity contribution is 4.86. The first-order chi connectivity index (χ1) is 7.31. The summed E-state index contributed by atoms with van der Waals surface area (Å²) in [6.45, 7) is 6.08. The number of rotatable bonds is 4. The fourth-order valence-electron chi connectivity index (χ4n) is 2.54. The molecule has 2 fully saturated rings. The van der Waals surface area contributed by atoms with E-state index in [1.54, 1.807) is 0 Å². The van der Waals surface area contributed by atoms with Gasteiger partial charge in [-0.3, -0.25) is 4.90 Å². The maximum Gasteiger partial charge on any atom is 0.0963 e. The lowest BCUT2D eigenvalue weighted by molar-refractivity contribution is -0.115. The quantitative estimate of drug-likeness (QED) is 0.763. The van der Waals surface area contributed by atoms with Crippen LogP contribution in [0.2, 0.25) is 0 Å². The second-order valence-corrected chi connectivity index (χ2v) is 4.89. The molecule has 0 bridgehead atoms. The second-order valence-electron chi connectivity index (χ2n) is 4.89. The highest BCUT2D eigenvalue weighted by atomic mass is 16.5. The third-order valence-electron chi connectivity index (χ3n) is 3.73. The molecule has 3 heteroatoms. The summed E-state index contributed by atoms with van der Waals surface area (Å²) in [6, 6.07) is 0. The summed E-state index contributed by atoms with van der Waals surface area (Å²) in [6.07, 6.45) is 4.69. The lowest BCUT2D eigenvalue weighted by atomic mass is 9.79. The van der Waals surface area contributed by atoms with Gasteiger partial charge in [0.25, 0.3) is 0 Å². The zero-order valence-corrected chi connectivity index (χ0v) is 9.69. The van der Waals surface area contributed by atoms with E-state index in [1.807, 2.05) is 0 Å². The second kappa shape index (κ2) is 5.28. The molecular formula is C12H23NO2. The Kier molecular flexibility index (Phi) is 4.00. The summed E-state index contributed by atoms with van der Waals surface area (Å²) in [7, 11) is 0. The predicted molar refractivity (Wildman–Crippen MR) is 59.8 cm³/mol. The fourth-order valence-corrected chi connectivity index (χ4v) is 2.54. The van der Waals surface area contributed by atoms with E-state index in [0.717, 1.165) is 26.2 Å². The van der Waals surface area contributed by atoms with E-state index in [2.05, 4.69) is 11.8 Å². The van der Waals surface area contributed by atoms with Gasteiger partial charge in [-0.05, 0) is 31.7 Å². The van der Waals surface area contributed by atoms with E-state index in [0.29, 0.717) is 5.92 Å². The van der Waals surface area contributed by atoms with Crippen molar-refractivity contribution in [1.29, 1.82) is 0 Å². The molecule has 1 heterocycles. The van der Waals surface area contributed by atoms with Crippen molar-refractivity contribution in [2.24, 2.45) is 5.92 Å². The zero-order valence-electron chi connectivity index (χ0n) is 9.69. The molecule has 15 heavy (non-hydrogen) atoms. The van der Waals surface area contributed by atoms with Crippen LogP contribution < -0.4 is 0 Å². The molecule has 88 valence electrons. The molecule has 1 saturated heterocycles. The number of hydrogen-bond acceptors (Lipinski definition) is 3. The van der Waals surface area contributed by atoms with E-state index in [-0.39, 0.29) is 12.2 Å². The van der Waals surface area contributed by atoms with Gasteiger partial charge in [-0.2, -0.15) is 0 Å². The first-order valence-electron chi connectivity index (χ1n) is 6.33. The minimum absolute atomic E-state index is 0.0654. The van der Waals surface area contributed by atoms with Crippen LogP contribution in [-0.2, 0) is 4.74 Å². The van der Waals surface area contributed by atoms with Crippen molar-refractivity contribution in [3.63, 3.8) is 0 Å². The van der Waals surface area contributed by atoms with Crippen molar-refractivity contribution < 1.29 is 9.84 Å². The summed E-state index contributed by atoms with van der Waals surface area (Å²) in [5.74, 6) is 0.511. The molecule has 2 atom stereocenters. The van der Waals surface area contributed by atoms with Crippen LogP contribution in [0.15, 0.2) is 0 Å². The fraction of sp³-hybridized carbons (Fsp3) is 1.00. The van der Waals surface area contributed by atoms with E-state index in [1.165, 1.54) is 25.7 Å². The average molecular weight is 213 g/mol. The molecule has 0 amide bonds. The van der Waals surface area contributed by atoms with Gasteiger partial charge in [0.1, 0.15) is 0 Å². The van der Waals surface area contributed by atoms with Crippen molar-refractivity contribution in [2.45, 2.75) is 44.8 Å². The topological polar surface area (TPSA) is 32.7 Å². The lowest BCUT2D eigenvalue weighted by Gasteiger charge is -2.40. The van der Waals surface area contributed by atoms with E-state index in [9.17, 15) is 5.11 Å².